The number of amides is 1. The summed E-state index contributed by atoms with van der Waals surface area (Å²) in [6, 6.07) is 23.5. The summed E-state index contributed by atoms with van der Waals surface area (Å²) in [6.45, 7) is 2.58. The van der Waals surface area contributed by atoms with Gasteiger partial charge in [-0.15, -0.1) is 0 Å². The average Bonchev–Trinajstić information content (AvgIpc) is 2.71. The fourth-order valence-corrected chi connectivity index (χ4v) is 3.25. The van der Waals surface area contributed by atoms with E-state index in [0.717, 1.165) is 12.0 Å². The molecule has 0 saturated carbocycles. The Balaban J connectivity index is 1.67. The molecule has 4 heteroatoms. The molecule has 1 amide bonds. The standard InChI is InChI=1S/C24H22N2O2/c1-17-7-9-19(10-8-17)15-23-24(27)26(14-13-18-5-3-2-4-6-18)21-16-20(25)11-12-22(21)28-23/h2-12,15-16H,13-14,25H2,1H3/b23-15+. The van der Waals surface area contributed by atoms with Crippen LogP contribution in [0, 0.1) is 6.92 Å². The van der Waals surface area contributed by atoms with Gasteiger partial charge in [0.05, 0.1) is 5.69 Å². The lowest BCUT2D eigenvalue weighted by molar-refractivity contribution is -0.117. The normalized spacial score (nSPS) is 14.7. The number of hydrogen-bond acceptors (Lipinski definition) is 3. The lowest BCUT2D eigenvalue weighted by Gasteiger charge is -2.31. The van der Waals surface area contributed by atoms with E-state index in [-0.39, 0.29) is 5.91 Å². The quantitative estimate of drug-likeness (QED) is 0.540. The maximum Gasteiger partial charge on any atom is 0.294 e. The number of benzene rings is 3. The van der Waals surface area contributed by atoms with Gasteiger partial charge in [-0.25, -0.2) is 0 Å². The summed E-state index contributed by atoms with van der Waals surface area (Å²) in [5, 5.41) is 0. The summed E-state index contributed by atoms with van der Waals surface area (Å²) in [6.07, 6.45) is 2.54. The Hall–Kier alpha value is -3.53. The summed E-state index contributed by atoms with van der Waals surface area (Å²) in [7, 11) is 0. The number of aryl methyl sites for hydroxylation is 1. The summed E-state index contributed by atoms with van der Waals surface area (Å²) in [5.74, 6) is 0.795. The first-order valence-corrected chi connectivity index (χ1v) is 9.32. The van der Waals surface area contributed by atoms with Crippen molar-refractivity contribution in [1.29, 1.82) is 0 Å². The number of carbonyl (C=O) groups is 1. The van der Waals surface area contributed by atoms with E-state index in [9.17, 15) is 4.79 Å². The molecule has 3 aromatic carbocycles. The molecule has 0 radical (unpaired) electrons. The first-order valence-electron chi connectivity index (χ1n) is 9.32. The van der Waals surface area contributed by atoms with E-state index in [1.54, 1.807) is 23.1 Å². The summed E-state index contributed by atoms with van der Waals surface area (Å²) < 4.78 is 5.93. The third-order valence-electron chi connectivity index (χ3n) is 4.79. The van der Waals surface area contributed by atoms with Crippen molar-refractivity contribution < 1.29 is 9.53 Å². The van der Waals surface area contributed by atoms with Crippen molar-refractivity contribution in [2.24, 2.45) is 0 Å². The number of rotatable bonds is 4. The Kier molecular flexibility index (Phi) is 4.85. The molecule has 0 spiro atoms. The van der Waals surface area contributed by atoms with E-state index in [0.29, 0.717) is 29.4 Å². The maximum atomic E-state index is 13.2. The van der Waals surface area contributed by atoms with Crippen LogP contribution in [0.15, 0.2) is 78.6 Å². The van der Waals surface area contributed by atoms with Gasteiger partial charge in [0.15, 0.2) is 11.5 Å². The third-order valence-corrected chi connectivity index (χ3v) is 4.79. The minimum atomic E-state index is -0.158. The van der Waals surface area contributed by atoms with Crippen LogP contribution in [0.3, 0.4) is 0 Å². The highest BCUT2D eigenvalue weighted by Crippen LogP contribution is 2.37. The van der Waals surface area contributed by atoms with E-state index in [1.165, 1.54) is 11.1 Å². The van der Waals surface area contributed by atoms with E-state index >= 15 is 0 Å². The van der Waals surface area contributed by atoms with E-state index in [1.807, 2.05) is 55.5 Å². The van der Waals surface area contributed by atoms with Gasteiger partial charge >= 0.3 is 0 Å². The average molecular weight is 370 g/mol. The molecule has 2 N–H and O–H groups in total. The Morgan fingerprint density at radius 1 is 1.00 bits per heavy atom. The highest BCUT2D eigenvalue weighted by atomic mass is 16.5. The van der Waals surface area contributed by atoms with Gasteiger partial charge in [0, 0.05) is 12.2 Å². The molecule has 28 heavy (non-hydrogen) atoms. The number of anilines is 2. The minimum absolute atomic E-state index is 0.158. The summed E-state index contributed by atoms with van der Waals surface area (Å²) in [4.78, 5) is 14.9. The van der Waals surface area contributed by atoms with Gasteiger partial charge in [0.2, 0.25) is 0 Å². The van der Waals surface area contributed by atoms with Crippen molar-refractivity contribution in [3.63, 3.8) is 0 Å². The second-order valence-corrected chi connectivity index (χ2v) is 6.94. The first kappa shape index (κ1) is 17.9. The van der Waals surface area contributed by atoms with Crippen LogP contribution in [-0.4, -0.2) is 12.5 Å². The lowest BCUT2D eigenvalue weighted by atomic mass is 10.1. The lowest BCUT2D eigenvalue weighted by Crippen LogP contribution is -2.38. The molecular formula is C24H22N2O2. The Morgan fingerprint density at radius 2 is 1.75 bits per heavy atom. The molecule has 0 aromatic heterocycles. The Morgan fingerprint density at radius 3 is 2.50 bits per heavy atom. The van der Waals surface area contributed by atoms with Crippen LogP contribution in [0.4, 0.5) is 11.4 Å². The van der Waals surface area contributed by atoms with Crippen LogP contribution in [-0.2, 0) is 11.2 Å². The highest BCUT2D eigenvalue weighted by Gasteiger charge is 2.30. The zero-order chi connectivity index (χ0) is 19.5. The van der Waals surface area contributed by atoms with Gasteiger partial charge in [-0.2, -0.15) is 0 Å². The number of carbonyl (C=O) groups excluding carboxylic acids is 1. The molecule has 1 aliphatic rings. The van der Waals surface area contributed by atoms with Gasteiger partial charge in [-0.1, -0.05) is 60.2 Å². The third kappa shape index (κ3) is 3.76. The second-order valence-electron chi connectivity index (χ2n) is 6.94. The monoisotopic (exact) mass is 370 g/mol. The maximum absolute atomic E-state index is 13.2. The number of ether oxygens (including phenoxy) is 1. The van der Waals surface area contributed by atoms with Gasteiger partial charge in [-0.3, -0.25) is 4.79 Å². The molecule has 0 fully saturated rings. The molecule has 0 bridgehead atoms. The van der Waals surface area contributed by atoms with Gasteiger partial charge < -0.3 is 15.4 Å². The zero-order valence-electron chi connectivity index (χ0n) is 15.8. The second kappa shape index (κ2) is 7.61. The van der Waals surface area contributed by atoms with E-state index in [2.05, 4.69) is 12.1 Å². The Bertz CT molecular complexity index is 1020. The topological polar surface area (TPSA) is 55.6 Å². The predicted octanol–water partition coefficient (Wildman–Crippen LogP) is 4.59. The molecule has 1 heterocycles. The molecule has 140 valence electrons. The van der Waals surface area contributed by atoms with Gasteiger partial charge in [-0.05, 0) is 48.7 Å². The minimum Gasteiger partial charge on any atom is -0.449 e. The predicted molar refractivity (Wildman–Crippen MR) is 113 cm³/mol. The number of nitrogens with two attached hydrogens (primary N) is 1. The van der Waals surface area contributed by atoms with E-state index in [4.69, 9.17) is 10.5 Å². The van der Waals surface area contributed by atoms with Crippen molar-refractivity contribution in [3.05, 3.63) is 95.2 Å². The molecular weight excluding hydrogens is 348 g/mol. The highest BCUT2D eigenvalue weighted by molar-refractivity contribution is 6.10. The summed E-state index contributed by atoms with van der Waals surface area (Å²) >= 11 is 0. The number of nitrogens with zero attached hydrogens (tertiary/aromatic N) is 1. The van der Waals surface area contributed by atoms with Crippen LogP contribution in [0.1, 0.15) is 16.7 Å². The molecule has 0 unspecified atom stereocenters. The van der Waals surface area contributed by atoms with Crippen molar-refractivity contribution >= 4 is 23.4 Å². The van der Waals surface area contributed by atoms with Crippen LogP contribution >= 0.6 is 0 Å². The van der Waals surface area contributed by atoms with E-state index < -0.39 is 0 Å². The summed E-state index contributed by atoms with van der Waals surface area (Å²) in [5.41, 5.74) is 10.5. The molecule has 4 nitrogen and oxygen atoms in total. The molecule has 3 aromatic rings. The van der Waals surface area contributed by atoms with Crippen molar-refractivity contribution in [1.82, 2.24) is 0 Å². The fourth-order valence-electron chi connectivity index (χ4n) is 3.25. The van der Waals surface area contributed by atoms with Crippen LogP contribution < -0.4 is 15.4 Å². The first-order chi connectivity index (χ1) is 13.6. The SMILES string of the molecule is Cc1ccc(/C=C2/Oc3ccc(N)cc3N(CCc3ccccc3)C2=O)cc1. The number of hydrogen-bond donors (Lipinski definition) is 1. The van der Waals surface area contributed by atoms with Crippen molar-refractivity contribution in [2.45, 2.75) is 13.3 Å². The fraction of sp³-hybridized carbons (Fsp3) is 0.125. The Labute approximate surface area is 164 Å². The molecule has 0 saturated heterocycles. The largest absolute Gasteiger partial charge is 0.449 e. The van der Waals surface area contributed by atoms with Crippen molar-refractivity contribution in [2.75, 3.05) is 17.2 Å². The molecule has 0 atom stereocenters. The molecule has 1 aliphatic heterocycles. The molecule has 0 aliphatic carbocycles. The number of fused-ring (bicyclic) bond motifs is 1. The van der Waals surface area contributed by atoms with Crippen LogP contribution in [0.2, 0.25) is 0 Å². The van der Waals surface area contributed by atoms with Crippen molar-refractivity contribution in [3.8, 4) is 5.75 Å². The van der Waals surface area contributed by atoms with Gasteiger partial charge in [0.1, 0.15) is 0 Å². The smallest absolute Gasteiger partial charge is 0.294 e. The van der Waals surface area contributed by atoms with Crippen LogP contribution in [0.5, 0.6) is 5.75 Å². The van der Waals surface area contributed by atoms with Crippen LogP contribution in [0.25, 0.3) is 6.08 Å². The van der Waals surface area contributed by atoms with Gasteiger partial charge in [0.25, 0.3) is 5.91 Å². The zero-order valence-corrected chi connectivity index (χ0v) is 15.8. The number of nitrogen functional groups attached to an aromatic ring is 1. The molecule has 4 rings (SSSR count).